The van der Waals surface area contributed by atoms with E-state index in [0.29, 0.717) is 34.2 Å². The van der Waals surface area contributed by atoms with Gasteiger partial charge in [0.1, 0.15) is 5.82 Å². The zero-order chi connectivity index (χ0) is 19.5. The second-order valence-corrected chi connectivity index (χ2v) is 7.94. The smallest absolute Gasteiger partial charge is 0.219 e. The number of hydrogen-bond acceptors (Lipinski definition) is 6. The maximum Gasteiger partial charge on any atom is 0.219 e. The SMILES string of the molecule is NC(=O)CCn1c(SCc2ccc(F)c3cccnc23)nnc1-c1cccs1. The van der Waals surface area contributed by atoms with E-state index in [9.17, 15) is 9.18 Å². The average molecular weight is 414 g/mol. The zero-order valence-corrected chi connectivity index (χ0v) is 16.3. The van der Waals surface area contributed by atoms with E-state index in [4.69, 9.17) is 5.73 Å². The number of thiophene rings is 1. The first-order valence-electron chi connectivity index (χ1n) is 8.54. The molecule has 4 aromatic rings. The highest BCUT2D eigenvalue weighted by Crippen LogP contribution is 2.30. The molecule has 3 aromatic heterocycles. The van der Waals surface area contributed by atoms with Crippen molar-refractivity contribution in [1.82, 2.24) is 19.7 Å². The van der Waals surface area contributed by atoms with Gasteiger partial charge in [-0.15, -0.1) is 21.5 Å². The van der Waals surface area contributed by atoms with Crippen molar-refractivity contribution in [3.05, 3.63) is 59.4 Å². The lowest BCUT2D eigenvalue weighted by molar-refractivity contribution is -0.118. The van der Waals surface area contributed by atoms with Crippen LogP contribution in [0.15, 0.2) is 53.1 Å². The lowest BCUT2D eigenvalue weighted by Crippen LogP contribution is -2.14. The number of carbonyl (C=O) groups is 1. The Bertz CT molecular complexity index is 1130. The highest BCUT2D eigenvalue weighted by molar-refractivity contribution is 7.98. The second kappa shape index (κ2) is 8.07. The highest BCUT2D eigenvalue weighted by Gasteiger charge is 2.17. The molecule has 0 fully saturated rings. The van der Waals surface area contributed by atoms with Gasteiger partial charge in [0, 0.05) is 30.3 Å². The molecule has 1 amide bonds. The summed E-state index contributed by atoms with van der Waals surface area (Å²) in [6.45, 7) is 0.403. The van der Waals surface area contributed by atoms with E-state index in [1.807, 2.05) is 22.1 Å². The molecule has 6 nitrogen and oxygen atoms in total. The molecule has 0 saturated carbocycles. The van der Waals surface area contributed by atoms with E-state index in [1.54, 1.807) is 35.7 Å². The molecule has 142 valence electrons. The Kier molecular flexibility index (Phi) is 5.36. The molecule has 0 saturated heterocycles. The number of halogens is 1. The normalized spacial score (nSPS) is 11.2. The average Bonchev–Trinajstić information content (AvgIpc) is 3.35. The van der Waals surface area contributed by atoms with Gasteiger partial charge >= 0.3 is 0 Å². The number of thioether (sulfide) groups is 1. The molecule has 0 unspecified atom stereocenters. The van der Waals surface area contributed by atoms with Gasteiger partial charge in [0.25, 0.3) is 0 Å². The maximum absolute atomic E-state index is 14.0. The fourth-order valence-corrected chi connectivity index (χ4v) is 4.53. The molecular weight excluding hydrogens is 397 g/mol. The molecule has 0 atom stereocenters. The lowest BCUT2D eigenvalue weighted by atomic mass is 10.1. The Morgan fingerprint density at radius 1 is 1.21 bits per heavy atom. The molecule has 2 N–H and O–H groups in total. The van der Waals surface area contributed by atoms with Crippen molar-refractivity contribution < 1.29 is 9.18 Å². The summed E-state index contributed by atoms with van der Waals surface area (Å²) in [6, 6.07) is 10.5. The Hall–Kier alpha value is -2.78. The van der Waals surface area contributed by atoms with Crippen LogP contribution in [0.25, 0.3) is 21.6 Å². The van der Waals surface area contributed by atoms with Gasteiger partial charge in [-0.25, -0.2) is 4.39 Å². The number of aromatic nitrogens is 4. The van der Waals surface area contributed by atoms with Crippen molar-refractivity contribution in [3.63, 3.8) is 0 Å². The van der Waals surface area contributed by atoms with Crippen molar-refractivity contribution in [2.24, 2.45) is 5.73 Å². The molecule has 0 aliphatic heterocycles. The predicted molar refractivity (Wildman–Crippen MR) is 108 cm³/mol. The number of nitrogens with two attached hydrogens (primary N) is 1. The van der Waals surface area contributed by atoms with E-state index in [-0.39, 0.29) is 18.1 Å². The van der Waals surface area contributed by atoms with Gasteiger partial charge < -0.3 is 10.3 Å². The zero-order valence-electron chi connectivity index (χ0n) is 14.7. The van der Waals surface area contributed by atoms with Crippen molar-refractivity contribution >= 4 is 39.9 Å². The summed E-state index contributed by atoms with van der Waals surface area (Å²) in [5.74, 6) is 0.588. The fourth-order valence-electron chi connectivity index (χ4n) is 2.86. The van der Waals surface area contributed by atoms with Crippen molar-refractivity contribution in [2.75, 3.05) is 0 Å². The first kappa shape index (κ1) is 18.6. The van der Waals surface area contributed by atoms with E-state index in [0.717, 1.165) is 10.4 Å². The monoisotopic (exact) mass is 413 g/mol. The van der Waals surface area contributed by atoms with Crippen LogP contribution in [-0.2, 0) is 17.1 Å². The van der Waals surface area contributed by atoms with Gasteiger partial charge in [-0.2, -0.15) is 0 Å². The minimum Gasteiger partial charge on any atom is -0.370 e. The van der Waals surface area contributed by atoms with E-state index < -0.39 is 0 Å². The third-order valence-electron chi connectivity index (χ3n) is 4.20. The first-order chi connectivity index (χ1) is 13.6. The van der Waals surface area contributed by atoms with Gasteiger partial charge in [-0.05, 0) is 35.2 Å². The van der Waals surface area contributed by atoms with Crippen LogP contribution in [0, 0.1) is 5.82 Å². The molecule has 0 aliphatic rings. The molecule has 4 rings (SSSR count). The standard InChI is InChI=1S/C19H16FN5OS2/c20-14-6-5-12(17-13(14)3-1-8-22-17)11-28-19-24-23-18(15-4-2-10-27-15)25(19)9-7-16(21)26/h1-6,8,10H,7,9,11H2,(H2,21,26). The first-order valence-corrected chi connectivity index (χ1v) is 10.4. The Morgan fingerprint density at radius 2 is 2.11 bits per heavy atom. The summed E-state index contributed by atoms with van der Waals surface area (Å²) >= 11 is 3.03. The van der Waals surface area contributed by atoms with Crippen LogP contribution in [0.4, 0.5) is 4.39 Å². The molecule has 0 radical (unpaired) electrons. The number of pyridine rings is 1. The van der Waals surface area contributed by atoms with Crippen LogP contribution in [0.1, 0.15) is 12.0 Å². The quantitative estimate of drug-likeness (QED) is 0.465. The summed E-state index contributed by atoms with van der Waals surface area (Å²) in [6.07, 6.45) is 1.85. The van der Waals surface area contributed by atoms with Crippen molar-refractivity contribution in [1.29, 1.82) is 0 Å². The molecule has 28 heavy (non-hydrogen) atoms. The minimum atomic E-state index is -0.379. The second-order valence-electron chi connectivity index (χ2n) is 6.05. The summed E-state index contributed by atoms with van der Waals surface area (Å²) in [5, 5.41) is 11.7. The van der Waals surface area contributed by atoms with Gasteiger partial charge in [0.05, 0.1) is 10.4 Å². The van der Waals surface area contributed by atoms with Crippen LogP contribution in [0.3, 0.4) is 0 Å². The topological polar surface area (TPSA) is 86.7 Å². The predicted octanol–water partition coefficient (Wildman–Crippen LogP) is 3.86. The number of hydrogen-bond donors (Lipinski definition) is 1. The van der Waals surface area contributed by atoms with E-state index in [1.165, 1.54) is 17.8 Å². The van der Waals surface area contributed by atoms with Gasteiger partial charge in [-0.1, -0.05) is 23.9 Å². The van der Waals surface area contributed by atoms with Crippen molar-refractivity contribution in [3.8, 4) is 10.7 Å². The van der Waals surface area contributed by atoms with Gasteiger partial charge in [0.2, 0.25) is 5.91 Å². The molecule has 1 aromatic carbocycles. The fraction of sp³-hybridized carbons (Fsp3) is 0.158. The summed E-state index contributed by atoms with van der Waals surface area (Å²) < 4.78 is 15.9. The third-order valence-corrected chi connectivity index (χ3v) is 6.08. The molecule has 0 spiro atoms. The largest absolute Gasteiger partial charge is 0.370 e. The van der Waals surface area contributed by atoms with Crippen LogP contribution < -0.4 is 5.73 Å². The van der Waals surface area contributed by atoms with Crippen LogP contribution >= 0.6 is 23.1 Å². The number of fused-ring (bicyclic) bond motifs is 1. The Balaban J connectivity index is 1.63. The number of rotatable bonds is 7. The van der Waals surface area contributed by atoms with E-state index >= 15 is 0 Å². The molecular formula is C19H16FN5OS2. The Morgan fingerprint density at radius 3 is 2.89 bits per heavy atom. The maximum atomic E-state index is 14.0. The number of primary amides is 1. The van der Waals surface area contributed by atoms with Crippen LogP contribution in [0.5, 0.6) is 0 Å². The third kappa shape index (κ3) is 3.76. The molecule has 0 aliphatic carbocycles. The number of carbonyl (C=O) groups excluding carboxylic acids is 1. The van der Waals surface area contributed by atoms with Crippen LogP contribution in [0.2, 0.25) is 0 Å². The summed E-state index contributed by atoms with van der Waals surface area (Å²) in [5.41, 5.74) is 6.87. The summed E-state index contributed by atoms with van der Waals surface area (Å²) in [4.78, 5) is 16.6. The molecule has 3 heterocycles. The van der Waals surface area contributed by atoms with Gasteiger partial charge in [-0.3, -0.25) is 9.78 Å². The number of nitrogens with zero attached hydrogens (tertiary/aromatic N) is 4. The van der Waals surface area contributed by atoms with Crippen LogP contribution in [-0.4, -0.2) is 25.7 Å². The number of benzene rings is 1. The van der Waals surface area contributed by atoms with Crippen molar-refractivity contribution in [2.45, 2.75) is 23.9 Å². The molecule has 9 heteroatoms. The number of amides is 1. The lowest BCUT2D eigenvalue weighted by Gasteiger charge is -2.09. The Labute approximate surface area is 168 Å². The van der Waals surface area contributed by atoms with Gasteiger partial charge in [0.15, 0.2) is 11.0 Å². The molecule has 0 bridgehead atoms. The highest BCUT2D eigenvalue weighted by atomic mass is 32.2. The van der Waals surface area contributed by atoms with E-state index in [2.05, 4.69) is 15.2 Å². The summed E-state index contributed by atoms with van der Waals surface area (Å²) in [7, 11) is 0. The minimum absolute atomic E-state index is 0.199.